The molecule has 3 nitrogen and oxygen atoms in total. The minimum Gasteiger partial charge on any atom is -0.491 e. The predicted octanol–water partition coefficient (Wildman–Crippen LogP) is 1.18. The third-order valence-electron chi connectivity index (χ3n) is 2.03. The van der Waals surface area contributed by atoms with Crippen LogP contribution in [0.4, 0.5) is 4.39 Å². The minimum absolute atomic E-state index is 0.165. The highest BCUT2D eigenvalue weighted by molar-refractivity contribution is 5.22. The molecule has 1 unspecified atom stereocenters. The van der Waals surface area contributed by atoms with Gasteiger partial charge in [0.15, 0.2) is 0 Å². The Morgan fingerprint density at radius 2 is 2.12 bits per heavy atom. The summed E-state index contributed by atoms with van der Waals surface area (Å²) >= 11 is 0. The van der Waals surface area contributed by atoms with Crippen LogP contribution in [0, 0.1) is 17.7 Å². The van der Waals surface area contributed by atoms with E-state index in [0.29, 0.717) is 18.8 Å². The second kappa shape index (κ2) is 7.66. The first-order chi connectivity index (χ1) is 8.22. The lowest BCUT2D eigenvalue weighted by molar-refractivity contribution is 0.107. The Bertz CT molecular complexity index is 381. The Morgan fingerprint density at radius 1 is 1.41 bits per heavy atom. The molecule has 17 heavy (non-hydrogen) atoms. The summed E-state index contributed by atoms with van der Waals surface area (Å²) in [5.74, 6) is 5.81. The zero-order valence-corrected chi connectivity index (χ0v) is 9.74. The van der Waals surface area contributed by atoms with Crippen LogP contribution in [0.1, 0.15) is 6.92 Å². The highest BCUT2D eigenvalue weighted by Crippen LogP contribution is 2.10. The van der Waals surface area contributed by atoms with E-state index in [4.69, 9.17) is 4.74 Å². The molecular weight excluding hydrogens is 221 g/mol. The van der Waals surface area contributed by atoms with Gasteiger partial charge in [0.2, 0.25) is 0 Å². The molecule has 0 fully saturated rings. The zero-order valence-electron chi connectivity index (χ0n) is 9.74. The maximum absolute atomic E-state index is 12.6. The van der Waals surface area contributed by atoms with Gasteiger partial charge in [-0.15, -0.1) is 5.92 Å². The van der Waals surface area contributed by atoms with Crippen molar-refractivity contribution in [3.63, 3.8) is 0 Å². The van der Waals surface area contributed by atoms with E-state index in [1.54, 1.807) is 6.92 Å². The summed E-state index contributed by atoms with van der Waals surface area (Å²) in [5.41, 5.74) is 0. The summed E-state index contributed by atoms with van der Waals surface area (Å²) in [7, 11) is 0. The van der Waals surface area contributed by atoms with Gasteiger partial charge in [-0.25, -0.2) is 4.39 Å². The lowest BCUT2D eigenvalue weighted by Gasteiger charge is -2.12. The van der Waals surface area contributed by atoms with Crippen LogP contribution in [0.25, 0.3) is 0 Å². The molecule has 1 aromatic carbocycles. The number of nitrogens with one attached hydrogen (secondary N) is 1. The monoisotopic (exact) mass is 237 g/mol. The van der Waals surface area contributed by atoms with Crippen LogP contribution in [0.15, 0.2) is 24.3 Å². The summed E-state index contributed by atoms with van der Waals surface area (Å²) in [6, 6.07) is 5.68. The molecule has 92 valence electrons. The van der Waals surface area contributed by atoms with E-state index in [0.717, 1.165) is 0 Å². The van der Waals surface area contributed by atoms with Gasteiger partial charge in [-0.05, 0) is 31.2 Å². The molecule has 0 bridgehead atoms. The van der Waals surface area contributed by atoms with Crippen LogP contribution in [-0.2, 0) is 0 Å². The van der Waals surface area contributed by atoms with Crippen LogP contribution in [0.3, 0.4) is 0 Å². The Hall–Kier alpha value is -1.57. The first-order valence-corrected chi connectivity index (χ1v) is 5.39. The lowest BCUT2D eigenvalue weighted by Crippen LogP contribution is -2.31. The number of hydrogen-bond donors (Lipinski definition) is 2. The Kier molecular flexibility index (Phi) is 6.08. The van der Waals surface area contributed by atoms with Crippen molar-refractivity contribution in [2.24, 2.45) is 0 Å². The molecule has 1 rings (SSSR count). The van der Waals surface area contributed by atoms with Crippen LogP contribution in [0.5, 0.6) is 5.75 Å². The third kappa shape index (κ3) is 5.91. The number of halogens is 1. The van der Waals surface area contributed by atoms with Crippen molar-refractivity contribution < 1.29 is 14.2 Å². The van der Waals surface area contributed by atoms with Gasteiger partial charge in [-0.1, -0.05) is 5.92 Å². The van der Waals surface area contributed by atoms with E-state index < -0.39 is 6.10 Å². The molecule has 0 aliphatic heterocycles. The average Bonchev–Trinajstić information content (AvgIpc) is 2.34. The Morgan fingerprint density at radius 3 is 2.76 bits per heavy atom. The van der Waals surface area contributed by atoms with E-state index in [1.807, 2.05) is 0 Å². The maximum Gasteiger partial charge on any atom is 0.123 e. The summed E-state index contributed by atoms with van der Waals surface area (Å²) in [6.45, 7) is 2.88. The number of rotatable bonds is 6. The van der Waals surface area contributed by atoms with Crippen LogP contribution in [0.2, 0.25) is 0 Å². The predicted molar refractivity (Wildman–Crippen MR) is 64.2 cm³/mol. The Balaban J connectivity index is 2.20. The highest BCUT2D eigenvalue weighted by Gasteiger charge is 2.04. The van der Waals surface area contributed by atoms with Gasteiger partial charge in [0.1, 0.15) is 24.3 Å². The fourth-order valence-corrected chi connectivity index (χ4v) is 1.17. The highest BCUT2D eigenvalue weighted by atomic mass is 19.1. The average molecular weight is 237 g/mol. The third-order valence-corrected chi connectivity index (χ3v) is 2.03. The van der Waals surface area contributed by atoms with Crippen molar-refractivity contribution in [1.29, 1.82) is 0 Å². The minimum atomic E-state index is -0.612. The second-order valence-electron chi connectivity index (χ2n) is 3.48. The molecule has 0 amide bonds. The smallest absolute Gasteiger partial charge is 0.123 e. The fourth-order valence-electron chi connectivity index (χ4n) is 1.17. The van der Waals surface area contributed by atoms with E-state index in [9.17, 15) is 9.50 Å². The molecule has 0 aliphatic rings. The van der Waals surface area contributed by atoms with Crippen molar-refractivity contribution in [1.82, 2.24) is 5.32 Å². The number of benzene rings is 1. The molecule has 1 aromatic rings. The van der Waals surface area contributed by atoms with Gasteiger partial charge >= 0.3 is 0 Å². The molecule has 0 aromatic heterocycles. The van der Waals surface area contributed by atoms with E-state index in [2.05, 4.69) is 17.2 Å². The normalized spacial score (nSPS) is 11.5. The number of aliphatic hydroxyl groups excluding tert-OH is 1. The maximum atomic E-state index is 12.6. The molecular formula is C13H16FNO2. The number of aliphatic hydroxyl groups is 1. The molecule has 2 N–H and O–H groups in total. The quantitative estimate of drug-likeness (QED) is 0.576. The molecule has 0 heterocycles. The topological polar surface area (TPSA) is 41.5 Å². The van der Waals surface area contributed by atoms with E-state index in [-0.39, 0.29) is 12.4 Å². The molecule has 0 saturated carbocycles. The van der Waals surface area contributed by atoms with Gasteiger partial charge < -0.3 is 15.2 Å². The molecule has 0 saturated heterocycles. The van der Waals surface area contributed by atoms with Gasteiger partial charge in [-0.3, -0.25) is 0 Å². The molecule has 0 radical (unpaired) electrons. The van der Waals surface area contributed by atoms with Crippen LogP contribution in [-0.4, -0.2) is 30.9 Å². The number of hydrogen-bond acceptors (Lipinski definition) is 3. The Labute approximate surface area is 101 Å². The fraction of sp³-hybridized carbons (Fsp3) is 0.385. The second-order valence-corrected chi connectivity index (χ2v) is 3.48. The van der Waals surface area contributed by atoms with Crippen molar-refractivity contribution in [2.75, 3.05) is 19.7 Å². The van der Waals surface area contributed by atoms with E-state index in [1.165, 1.54) is 24.3 Å². The summed E-state index contributed by atoms with van der Waals surface area (Å²) in [6.07, 6.45) is -0.612. The van der Waals surface area contributed by atoms with Crippen LogP contribution < -0.4 is 10.1 Å². The molecule has 0 spiro atoms. The molecule has 4 heteroatoms. The van der Waals surface area contributed by atoms with Gasteiger partial charge in [0.05, 0.1) is 6.54 Å². The lowest BCUT2D eigenvalue weighted by atomic mass is 10.3. The van der Waals surface area contributed by atoms with Crippen LogP contribution >= 0.6 is 0 Å². The van der Waals surface area contributed by atoms with Gasteiger partial charge in [-0.2, -0.15) is 0 Å². The summed E-state index contributed by atoms with van der Waals surface area (Å²) in [5, 5.41) is 12.5. The van der Waals surface area contributed by atoms with Crippen molar-refractivity contribution in [3.05, 3.63) is 30.1 Å². The zero-order chi connectivity index (χ0) is 12.5. The van der Waals surface area contributed by atoms with Gasteiger partial charge in [0.25, 0.3) is 0 Å². The number of ether oxygens (including phenoxy) is 1. The van der Waals surface area contributed by atoms with Crippen molar-refractivity contribution >= 4 is 0 Å². The molecule has 1 atom stereocenters. The van der Waals surface area contributed by atoms with Crippen molar-refractivity contribution in [2.45, 2.75) is 13.0 Å². The van der Waals surface area contributed by atoms with Gasteiger partial charge in [0, 0.05) is 6.54 Å². The standard InChI is InChI=1S/C13H16FNO2/c1-2-3-8-15-9-12(16)10-17-13-6-4-11(14)5-7-13/h4-7,12,15-16H,8-10H2,1H3. The summed E-state index contributed by atoms with van der Waals surface area (Å²) < 4.78 is 17.9. The van der Waals surface area contributed by atoms with E-state index >= 15 is 0 Å². The summed E-state index contributed by atoms with van der Waals surface area (Å²) in [4.78, 5) is 0. The first-order valence-electron chi connectivity index (χ1n) is 5.39. The SMILES string of the molecule is CC#CCNCC(O)COc1ccc(F)cc1. The first kappa shape index (κ1) is 13.5. The largest absolute Gasteiger partial charge is 0.491 e. The molecule has 0 aliphatic carbocycles. The van der Waals surface area contributed by atoms with Crippen molar-refractivity contribution in [3.8, 4) is 17.6 Å².